The summed E-state index contributed by atoms with van der Waals surface area (Å²) in [6, 6.07) is 11.7. The summed E-state index contributed by atoms with van der Waals surface area (Å²) in [7, 11) is 0. The van der Waals surface area contributed by atoms with Crippen LogP contribution in [0, 0.1) is 0 Å². The number of anilines is 2. The molecule has 6 nitrogen and oxygen atoms in total. The van der Waals surface area contributed by atoms with E-state index in [0.29, 0.717) is 24.7 Å². The highest BCUT2D eigenvalue weighted by Gasteiger charge is 2.21. The molecular formula is C17H16N4O2S. The molecule has 1 aromatic carbocycles. The number of nitrogens with one attached hydrogen (secondary N) is 1. The maximum atomic E-state index is 11.8. The Morgan fingerprint density at radius 2 is 2.12 bits per heavy atom. The van der Waals surface area contributed by atoms with Crippen molar-refractivity contribution in [1.29, 1.82) is 0 Å². The third-order valence-corrected chi connectivity index (χ3v) is 4.77. The molecule has 4 rings (SSSR count). The largest absolute Gasteiger partial charge is 0.376 e. The van der Waals surface area contributed by atoms with Crippen LogP contribution in [-0.4, -0.2) is 22.6 Å². The molecule has 0 saturated carbocycles. The Balaban J connectivity index is 1.38. The Morgan fingerprint density at radius 3 is 2.83 bits per heavy atom. The van der Waals surface area contributed by atoms with Crippen LogP contribution < -0.4 is 10.2 Å². The number of nitrogens with zero attached hydrogens (tertiary/aromatic N) is 3. The molecule has 1 fully saturated rings. The van der Waals surface area contributed by atoms with Crippen molar-refractivity contribution < 1.29 is 9.32 Å². The van der Waals surface area contributed by atoms with Crippen molar-refractivity contribution in [3.05, 3.63) is 47.7 Å². The second kappa shape index (κ2) is 6.45. The first kappa shape index (κ1) is 14.9. The van der Waals surface area contributed by atoms with Gasteiger partial charge in [-0.25, -0.2) is 0 Å². The summed E-state index contributed by atoms with van der Waals surface area (Å²) >= 11 is 1.58. The molecule has 0 radical (unpaired) electrons. The number of thiophene rings is 1. The summed E-state index contributed by atoms with van der Waals surface area (Å²) in [5.74, 6) is 1.35. The van der Waals surface area contributed by atoms with E-state index in [1.807, 2.05) is 46.7 Å². The number of benzene rings is 1. The fourth-order valence-electron chi connectivity index (χ4n) is 2.69. The lowest BCUT2D eigenvalue weighted by atomic mass is 10.2. The second-order valence-electron chi connectivity index (χ2n) is 5.54. The van der Waals surface area contributed by atoms with Gasteiger partial charge in [-0.1, -0.05) is 11.2 Å². The van der Waals surface area contributed by atoms with Crippen molar-refractivity contribution in [1.82, 2.24) is 10.1 Å². The molecule has 0 aliphatic carbocycles. The predicted molar refractivity (Wildman–Crippen MR) is 93.0 cm³/mol. The van der Waals surface area contributed by atoms with Crippen molar-refractivity contribution in [3.8, 4) is 10.7 Å². The van der Waals surface area contributed by atoms with Gasteiger partial charge in [0.15, 0.2) is 0 Å². The summed E-state index contributed by atoms with van der Waals surface area (Å²) in [5.41, 5.74) is 1.89. The second-order valence-corrected chi connectivity index (χ2v) is 6.49. The van der Waals surface area contributed by atoms with Crippen molar-refractivity contribution in [2.75, 3.05) is 16.8 Å². The Kier molecular flexibility index (Phi) is 4.00. The number of amides is 1. The number of aromatic nitrogens is 2. The van der Waals surface area contributed by atoms with Crippen LogP contribution in [0.3, 0.4) is 0 Å². The van der Waals surface area contributed by atoms with Crippen molar-refractivity contribution >= 4 is 28.6 Å². The van der Waals surface area contributed by atoms with Gasteiger partial charge in [0.25, 0.3) is 0 Å². The van der Waals surface area contributed by atoms with Crippen LogP contribution in [0.4, 0.5) is 11.4 Å². The third-order valence-electron chi connectivity index (χ3n) is 3.91. The summed E-state index contributed by atoms with van der Waals surface area (Å²) in [4.78, 5) is 18.9. The van der Waals surface area contributed by atoms with Gasteiger partial charge in [-0.2, -0.15) is 4.98 Å². The van der Waals surface area contributed by atoms with Gasteiger partial charge in [0, 0.05) is 24.3 Å². The molecule has 1 amide bonds. The lowest BCUT2D eigenvalue weighted by Gasteiger charge is -2.16. The first-order valence-corrected chi connectivity index (χ1v) is 8.68. The molecule has 7 heteroatoms. The van der Waals surface area contributed by atoms with Crippen LogP contribution in [0.1, 0.15) is 18.7 Å². The van der Waals surface area contributed by atoms with E-state index < -0.39 is 0 Å². The Morgan fingerprint density at radius 1 is 1.25 bits per heavy atom. The predicted octanol–water partition coefficient (Wildman–Crippen LogP) is 3.54. The number of rotatable bonds is 5. The summed E-state index contributed by atoms with van der Waals surface area (Å²) in [6.45, 7) is 1.26. The molecule has 0 unspecified atom stereocenters. The number of carbonyl (C=O) groups excluding carboxylic acids is 1. The minimum Gasteiger partial charge on any atom is -0.376 e. The smallest absolute Gasteiger partial charge is 0.246 e. The molecule has 1 saturated heterocycles. The van der Waals surface area contributed by atoms with E-state index in [0.717, 1.165) is 29.2 Å². The Labute approximate surface area is 143 Å². The number of hydrogen-bond acceptors (Lipinski definition) is 6. The molecule has 24 heavy (non-hydrogen) atoms. The highest BCUT2D eigenvalue weighted by atomic mass is 32.1. The summed E-state index contributed by atoms with van der Waals surface area (Å²) in [5, 5.41) is 9.22. The highest BCUT2D eigenvalue weighted by molar-refractivity contribution is 7.13. The van der Waals surface area contributed by atoms with E-state index >= 15 is 0 Å². The minimum absolute atomic E-state index is 0.197. The first-order valence-electron chi connectivity index (χ1n) is 7.80. The van der Waals surface area contributed by atoms with E-state index in [4.69, 9.17) is 4.52 Å². The highest BCUT2D eigenvalue weighted by Crippen LogP contribution is 2.24. The van der Waals surface area contributed by atoms with Crippen molar-refractivity contribution in [2.45, 2.75) is 19.4 Å². The topological polar surface area (TPSA) is 71.3 Å². The van der Waals surface area contributed by atoms with Crippen molar-refractivity contribution in [3.63, 3.8) is 0 Å². The normalized spacial score (nSPS) is 14.3. The average molecular weight is 340 g/mol. The van der Waals surface area contributed by atoms with E-state index in [2.05, 4.69) is 15.5 Å². The zero-order chi connectivity index (χ0) is 16.4. The molecule has 1 N–H and O–H groups in total. The molecule has 3 heterocycles. The van der Waals surface area contributed by atoms with Crippen LogP contribution in [0.15, 0.2) is 46.3 Å². The standard InChI is InChI=1S/C17H16N4O2S/c22-16-4-1-9-21(16)13-7-5-12(6-8-13)18-11-15-19-17(20-23-15)14-3-2-10-24-14/h2-3,5-8,10,18H,1,4,9,11H2. The van der Waals surface area contributed by atoms with Gasteiger partial charge in [0.2, 0.25) is 17.6 Å². The molecular weight excluding hydrogens is 324 g/mol. The van der Waals surface area contributed by atoms with E-state index in [1.54, 1.807) is 11.3 Å². The third kappa shape index (κ3) is 3.03. The molecule has 0 atom stereocenters. The number of carbonyl (C=O) groups is 1. The quantitative estimate of drug-likeness (QED) is 0.769. The molecule has 0 spiro atoms. The molecule has 1 aliphatic heterocycles. The zero-order valence-corrected chi connectivity index (χ0v) is 13.8. The molecule has 122 valence electrons. The summed E-state index contributed by atoms with van der Waals surface area (Å²) in [6.07, 6.45) is 1.58. The fraction of sp³-hybridized carbons (Fsp3) is 0.235. The maximum absolute atomic E-state index is 11.8. The van der Waals surface area contributed by atoms with Crippen LogP contribution in [0.25, 0.3) is 10.7 Å². The maximum Gasteiger partial charge on any atom is 0.246 e. The first-order chi connectivity index (χ1) is 11.8. The zero-order valence-electron chi connectivity index (χ0n) is 12.9. The van der Waals surface area contributed by atoms with Crippen molar-refractivity contribution in [2.24, 2.45) is 0 Å². The monoisotopic (exact) mass is 340 g/mol. The van der Waals surface area contributed by atoms with Gasteiger partial charge in [-0.3, -0.25) is 4.79 Å². The molecule has 0 bridgehead atoms. The van der Waals surface area contributed by atoms with Gasteiger partial charge < -0.3 is 14.7 Å². The molecule has 3 aromatic rings. The van der Waals surface area contributed by atoms with Crippen LogP contribution >= 0.6 is 11.3 Å². The SMILES string of the molecule is O=C1CCCN1c1ccc(NCc2nc(-c3cccs3)no2)cc1. The van der Waals surface area contributed by atoms with Gasteiger partial charge in [0.05, 0.1) is 11.4 Å². The fourth-order valence-corrected chi connectivity index (χ4v) is 3.34. The van der Waals surface area contributed by atoms with E-state index in [1.165, 1.54) is 0 Å². The van der Waals surface area contributed by atoms with E-state index in [-0.39, 0.29) is 5.91 Å². The van der Waals surface area contributed by atoms with Gasteiger partial charge in [-0.05, 0) is 42.1 Å². The molecule has 2 aromatic heterocycles. The minimum atomic E-state index is 0.197. The molecule has 1 aliphatic rings. The Hall–Kier alpha value is -2.67. The van der Waals surface area contributed by atoms with Gasteiger partial charge in [-0.15, -0.1) is 11.3 Å². The van der Waals surface area contributed by atoms with Gasteiger partial charge >= 0.3 is 0 Å². The Bertz CT molecular complexity index is 827. The van der Waals surface area contributed by atoms with Gasteiger partial charge in [0.1, 0.15) is 0 Å². The number of hydrogen-bond donors (Lipinski definition) is 1. The van der Waals surface area contributed by atoms with Crippen LogP contribution in [0.5, 0.6) is 0 Å². The lowest BCUT2D eigenvalue weighted by molar-refractivity contribution is -0.117. The average Bonchev–Trinajstić information content (AvgIpc) is 3.35. The van der Waals surface area contributed by atoms with Crippen LogP contribution in [-0.2, 0) is 11.3 Å². The van der Waals surface area contributed by atoms with E-state index in [9.17, 15) is 4.79 Å². The summed E-state index contributed by atoms with van der Waals surface area (Å²) < 4.78 is 5.26. The lowest BCUT2D eigenvalue weighted by Crippen LogP contribution is -2.23. The van der Waals surface area contributed by atoms with Crippen LogP contribution in [0.2, 0.25) is 0 Å².